The van der Waals surface area contributed by atoms with Crippen LogP contribution in [0.5, 0.6) is 0 Å². The van der Waals surface area contributed by atoms with Gasteiger partial charge in [0.15, 0.2) is 0 Å². The number of ether oxygens (including phenoxy) is 3. The lowest BCUT2D eigenvalue weighted by Crippen LogP contribution is -2.53. The normalized spacial score (nSPS) is 20.7. The molecule has 342 valence electrons. The van der Waals surface area contributed by atoms with Gasteiger partial charge in [-0.25, -0.2) is 14.8 Å². The molecule has 1 spiro atoms. The molecule has 4 fully saturated rings. The highest BCUT2D eigenvalue weighted by atomic mass is 16.6. The number of carbonyl (C=O) groups excluding carboxylic acids is 3. The minimum absolute atomic E-state index is 0.0288. The van der Waals surface area contributed by atoms with E-state index in [0.29, 0.717) is 39.1 Å². The van der Waals surface area contributed by atoms with E-state index < -0.39 is 24.6 Å². The molecule has 2 aromatic heterocycles. The Hall–Kier alpha value is -6.39. The molecule has 4 aromatic carbocycles. The van der Waals surface area contributed by atoms with E-state index in [1.807, 2.05) is 52.5 Å². The monoisotopic (exact) mass is 892 g/mol. The van der Waals surface area contributed by atoms with E-state index in [1.54, 1.807) is 0 Å². The minimum Gasteiger partial charge on any atom is -0.453 e. The summed E-state index contributed by atoms with van der Waals surface area (Å²) in [6.07, 6.45) is 7.78. The Morgan fingerprint density at radius 3 is 2.09 bits per heavy atom. The van der Waals surface area contributed by atoms with Gasteiger partial charge in [0.2, 0.25) is 18.2 Å². The molecule has 0 bridgehead atoms. The summed E-state index contributed by atoms with van der Waals surface area (Å²) in [5.41, 5.74) is 6.77. The summed E-state index contributed by atoms with van der Waals surface area (Å²) in [6, 6.07) is 28.8. The summed E-state index contributed by atoms with van der Waals surface area (Å²) in [5, 5.41) is 18.3. The molecule has 66 heavy (non-hydrogen) atoms. The second-order valence-electron chi connectivity index (χ2n) is 18.3. The first-order valence-electron chi connectivity index (χ1n) is 23.0. The van der Waals surface area contributed by atoms with Crippen LogP contribution in [0.3, 0.4) is 0 Å². The standard InChI is InChI=1S/C51H56N8O7/c1-64-49(62)56-43(33-7-4-3-5-8-33)48(61)59-30-51(20-21-51)27-42(59)46-53-28-39(54-46)32-12-10-31(11-13-32)35-14-15-37-26-38(17-16-36(37)25-35)40-29-52-45(55-40)41-9-6-22-58(41)47(60)44(57-50(63)65-2)34-18-23-66-24-19-34/h3-5,7-8,10-17,25-26,28-29,34,41-44,49,56,62H,6,9,18-24,27,30H2,1-2H3,(H,52,55)(H,53,54)(H,57,63). The van der Waals surface area contributed by atoms with Crippen LogP contribution in [0.2, 0.25) is 0 Å². The molecule has 3 saturated heterocycles. The van der Waals surface area contributed by atoms with Crippen molar-refractivity contribution < 1.29 is 33.7 Å². The van der Waals surface area contributed by atoms with Crippen LogP contribution in [0.15, 0.2) is 103 Å². The number of likely N-dealkylation sites (tertiary alicyclic amines) is 2. The highest BCUT2D eigenvalue weighted by Gasteiger charge is 2.55. The fraction of sp³-hybridized carbons (Fsp3) is 0.392. The van der Waals surface area contributed by atoms with E-state index in [1.165, 1.54) is 14.2 Å². The molecule has 15 nitrogen and oxygen atoms in total. The highest BCUT2D eigenvalue weighted by Crippen LogP contribution is 2.58. The number of H-pyrrole nitrogens is 2. The van der Waals surface area contributed by atoms with Crippen LogP contribution in [0.1, 0.15) is 80.3 Å². The quantitative estimate of drug-likeness (QED) is 0.0732. The van der Waals surface area contributed by atoms with Gasteiger partial charge < -0.3 is 44.4 Å². The molecule has 1 saturated carbocycles. The van der Waals surface area contributed by atoms with Crippen molar-refractivity contribution in [1.29, 1.82) is 0 Å². The van der Waals surface area contributed by atoms with Crippen molar-refractivity contribution in [3.8, 4) is 33.6 Å². The number of nitrogens with zero attached hydrogens (tertiary/aromatic N) is 4. The van der Waals surface area contributed by atoms with Crippen LogP contribution in [0.4, 0.5) is 4.79 Å². The molecule has 5 unspecified atom stereocenters. The lowest BCUT2D eigenvalue weighted by atomic mass is 9.90. The van der Waals surface area contributed by atoms with Gasteiger partial charge in [0.25, 0.3) is 0 Å². The average molecular weight is 893 g/mol. The third kappa shape index (κ3) is 8.83. The van der Waals surface area contributed by atoms with Gasteiger partial charge in [-0.2, -0.15) is 0 Å². The fourth-order valence-electron chi connectivity index (χ4n) is 10.3. The number of methoxy groups -OCH3 is 2. The van der Waals surface area contributed by atoms with Gasteiger partial charge in [-0.15, -0.1) is 0 Å². The van der Waals surface area contributed by atoms with E-state index >= 15 is 0 Å². The van der Waals surface area contributed by atoms with Crippen LogP contribution in [-0.2, 0) is 23.8 Å². The second-order valence-corrected chi connectivity index (χ2v) is 18.3. The number of aliphatic hydroxyl groups is 1. The van der Waals surface area contributed by atoms with Gasteiger partial charge >= 0.3 is 6.09 Å². The molecule has 4 aliphatic rings. The van der Waals surface area contributed by atoms with Crippen molar-refractivity contribution in [1.82, 2.24) is 40.4 Å². The largest absolute Gasteiger partial charge is 0.453 e. The molecule has 5 N–H and O–H groups in total. The van der Waals surface area contributed by atoms with Crippen molar-refractivity contribution in [2.75, 3.05) is 40.5 Å². The molecule has 3 amide bonds. The van der Waals surface area contributed by atoms with Crippen molar-refractivity contribution in [3.05, 3.63) is 121 Å². The maximum Gasteiger partial charge on any atom is 0.407 e. The Labute approximate surface area is 383 Å². The molecule has 5 atom stereocenters. The number of aromatic nitrogens is 4. The zero-order valence-electron chi connectivity index (χ0n) is 37.2. The summed E-state index contributed by atoms with van der Waals surface area (Å²) in [5.74, 6) is 1.23. The molecule has 1 aliphatic carbocycles. The Bertz CT molecular complexity index is 2690. The highest BCUT2D eigenvalue weighted by molar-refractivity contribution is 5.91. The number of aliphatic hydroxyl groups excluding tert-OH is 1. The van der Waals surface area contributed by atoms with Crippen molar-refractivity contribution in [2.24, 2.45) is 11.3 Å². The minimum atomic E-state index is -1.30. The van der Waals surface area contributed by atoms with Gasteiger partial charge in [0.05, 0.1) is 43.0 Å². The SMILES string of the molecule is COC(=O)NC(C(=O)N1CCCC1c1ncc(-c2ccc3cc(-c4ccc(-c5cnc(C6CC7(CC7)CN6C(=O)C(NC(O)OC)c6ccccc6)[nH]5)cc4)ccc3c2)[nH]1)C1CCOCC1. The van der Waals surface area contributed by atoms with Gasteiger partial charge in [-0.3, -0.25) is 14.9 Å². The van der Waals surface area contributed by atoms with E-state index in [4.69, 9.17) is 24.2 Å². The topological polar surface area (TPSA) is 187 Å². The number of nitrogens with one attached hydrogen (secondary N) is 4. The number of amides is 3. The Kier molecular flexibility index (Phi) is 12.2. The number of fused-ring (bicyclic) bond motifs is 1. The van der Waals surface area contributed by atoms with E-state index in [2.05, 4.69) is 81.3 Å². The van der Waals surface area contributed by atoms with Crippen LogP contribution >= 0.6 is 0 Å². The average Bonchev–Trinajstić information content (AvgIpc) is 3.90. The molecule has 15 heteroatoms. The van der Waals surface area contributed by atoms with E-state index in [-0.39, 0.29) is 35.2 Å². The van der Waals surface area contributed by atoms with Crippen molar-refractivity contribution in [2.45, 2.75) is 75.5 Å². The van der Waals surface area contributed by atoms with Crippen LogP contribution in [0, 0.1) is 11.3 Å². The number of rotatable bonds is 13. The number of hydrogen-bond donors (Lipinski definition) is 5. The van der Waals surface area contributed by atoms with E-state index in [0.717, 1.165) is 93.7 Å². The fourth-order valence-corrected chi connectivity index (χ4v) is 10.3. The first kappa shape index (κ1) is 43.5. The summed E-state index contributed by atoms with van der Waals surface area (Å²) < 4.78 is 15.5. The number of hydrogen-bond acceptors (Lipinski definition) is 10. The summed E-state index contributed by atoms with van der Waals surface area (Å²) >= 11 is 0. The second kappa shape index (κ2) is 18.5. The molecule has 0 radical (unpaired) electrons. The lowest BCUT2D eigenvalue weighted by Gasteiger charge is -2.34. The van der Waals surface area contributed by atoms with Gasteiger partial charge in [-0.05, 0) is 101 Å². The molecule has 6 aromatic rings. The van der Waals surface area contributed by atoms with Crippen molar-refractivity contribution >= 4 is 28.7 Å². The summed E-state index contributed by atoms with van der Waals surface area (Å²) in [4.78, 5) is 61.1. The molecule has 5 heterocycles. The Balaban J connectivity index is 0.821. The number of aromatic amines is 2. The van der Waals surface area contributed by atoms with Crippen LogP contribution < -0.4 is 10.6 Å². The number of benzene rings is 4. The third-order valence-corrected chi connectivity index (χ3v) is 14.2. The first-order valence-corrected chi connectivity index (χ1v) is 23.0. The molecule has 3 aliphatic heterocycles. The predicted octanol–water partition coefficient (Wildman–Crippen LogP) is 7.41. The van der Waals surface area contributed by atoms with Crippen LogP contribution in [-0.4, -0.2) is 106 Å². The molecular weight excluding hydrogens is 837 g/mol. The Morgan fingerprint density at radius 1 is 0.773 bits per heavy atom. The molecular formula is C51H56N8O7. The van der Waals surface area contributed by atoms with Gasteiger partial charge in [0, 0.05) is 39.0 Å². The zero-order valence-corrected chi connectivity index (χ0v) is 37.2. The number of alkyl carbamates (subject to hydrolysis) is 1. The Morgan fingerprint density at radius 2 is 1.41 bits per heavy atom. The zero-order chi connectivity index (χ0) is 45.4. The third-order valence-electron chi connectivity index (χ3n) is 14.2. The summed E-state index contributed by atoms with van der Waals surface area (Å²) in [6.45, 7) is 2.36. The summed E-state index contributed by atoms with van der Waals surface area (Å²) in [7, 11) is 2.71. The van der Waals surface area contributed by atoms with Gasteiger partial charge in [-0.1, -0.05) is 78.9 Å². The lowest BCUT2D eigenvalue weighted by molar-refractivity contribution is -0.143. The van der Waals surface area contributed by atoms with Gasteiger partial charge in [0.1, 0.15) is 23.7 Å². The predicted molar refractivity (Wildman–Crippen MR) is 247 cm³/mol. The smallest absolute Gasteiger partial charge is 0.407 e. The number of imidazole rings is 2. The van der Waals surface area contributed by atoms with Crippen molar-refractivity contribution in [3.63, 3.8) is 0 Å². The first-order chi connectivity index (χ1) is 32.2. The maximum absolute atomic E-state index is 14.3. The number of carbonyl (C=O) groups is 3. The maximum atomic E-state index is 14.3. The van der Waals surface area contributed by atoms with Crippen LogP contribution in [0.25, 0.3) is 44.4 Å². The van der Waals surface area contributed by atoms with E-state index in [9.17, 15) is 19.5 Å². The molecule has 10 rings (SSSR count).